The first-order valence-corrected chi connectivity index (χ1v) is 16.0. The van der Waals surface area contributed by atoms with Gasteiger partial charge in [-0.2, -0.15) is 0 Å². The molecule has 1 atom stereocenters. The minimum absolute atomic E-state index is 0.0685. The molecule has 1 amide bonds. The van der Waals surface area contributed by atoms with Crippen LogP contribution in [0.3, 0.4) is 0 Å². The zero-order chi connectivity index (χ0) is 30.5. The Hall–Kier alpha value is -3.86. The molecule has 222 valence electrons. The highest BCUT2D eigenvalue weighted by molar-refractivity contribution is 8.00. The van der Waals surface area contributed by atoms with E-state index in [0.29, 0.717) is 51.0 Å². The van der Waals surface area contributed by atoms with Crippen LogP contribution in [-0.4, -0.2) is 40.2 Å². The number of aromatic nitrogens is 2. The van der Waals surface area contributed by atoms with Crippen LogP contribution in [0.15, 0.2) is 76.6 Å². The molecule has 0 bridgehead atoms. The van der Waals surface area contributed by atoms with Crippen molar-refractivity contribution in [2.75, 3.05) is 18.1 Å². The minimum Gasteiger partial charge on any atom is -0.507 e. The van der Waals surface area contributed by atoms with Crippen molar-refractivity contribution in [3.8, 4) is 11.5 Å². The van der Waals surface area contributed by atoms with Crippen molar-refractivity contribution in [3.63, 3.8) is 0 Å². The third-order valence-corrected chi connectivity index (χ3v) is 9.07. The second-order valence-corrected chi connectivity index (χ2v) is 12.4. The van der Waals surface area contributed by atoms with Gasteiger partial charge in [-0.25, -0.2) is 0 Å². The number of hydrogen-bond donors (Lipinski definition) is 1. The maximum atomic E-state index is 13.6. The molecule has 2 heterocycles. The van der Waals surface area contributed by atoms with Gasteiger partial charge in [0.05, 0.1) is 24.8 Å². The number of ketones is 1. The lowest BCUT2D eigenvalue weighted by atomic mass is 9.95. The SMILES string of the molecule is CCCOc1ccc(C2C(=C(O)c3ccc(Cl)cc3)C(=O)C(=O)N2c2nnc(SCc3ccc(C)cc3)s2)cc1OCC. The Morgan fingerprint density at radius 1 is 1.00 bits per heavy atom. The third-order valence-electron chi connectivity index (χ3n) is 6.69. The van der Waals surface area contributed by atoms with Gasteiger partial charge in [0, 0.05) is 16.3 Å². The summed E-state index contributed by atoms with van der Waals surface area (Å²) < 4.78 is 12.4. The average Bonchev–Trinajstić information content (AvgIpc) is 3.58. The number of benzene rings is 3. The van der Waals surface area contributed by atoms with E-state index in [9.17, 15) is 14.7 Å². The van der Waals surface area contributed by atoms with Gasteiger partial charge in [0.15, 0.2) is 15.8 Å². The average molecular weight is 636 g/mol. The number of Topliss-reactive ketones (excluding diaryl/α,β-unsaturated/α-hetero) is 1. The highest BCUT2D eigenvalue weighted by Gasteiger charge is 2.48. The second kappa shape index (κ2) is 13.6. The molecule has 0 aliphatic carbocycles. The zero-order valence-corrected chi connectivity index (χ0v) is 26.3. The highest BCUT2D eigenvalue weighted by atomic mass is 35.5. The fraction of sp³-hybridized carbons (Fsp3) is 0.250. The van der Waals surface area contributed by atoms with E-state index in [1.54, 1.807) is 42.5 Å². The van der Waals surface area contributed by atoms with Crippen molar-refractivity contribution < 1.29 is 24.2 Å². The predicted molar refractivity (Wildman–Crippen MR) is 170 cm³/mol. The van der Waals surface area contributed by atoms with E-state index in [1.165, 1.54) is 33.6 Å². The summed E-state index contributed by atoms with van der Waals surface area (Å²) in [5, 5.41) is 20.7. The van der Waals surface area contributed by atoms with Gasteiger partial charge in [0.25, 0.3) is 5.78 Å². The smallest absolute Gasteiger partial charge is 0.301 e. The number of aliphatic hydroxyl groups is 1. The van der Waals surface area contributed by atoms with Gasteiger partial charge in [-0.05, 0) is 67.8 Å². The van der Waals surface area contributed by atoms with E-state index in [-0.39, 0.29) is 16.5 Å². The molecule has 1 saturated heterocycles. The molecule has 4 aromatic rings. The van der Waals surface area contributed by atoms with Crippen molar-refractivity contribution in [2.45, 2.75) is 43.3 Å². The zero-order valence-electron chi connectivity index (χ0n) is 23.9. The van der Waals surface area contributed by atoms with Gasteiger partial charge in [0.1, 0.15) is 5.76 Å². The Kier molecular flexibility index (Phi) is 9.69. The molecule has 1 fully saturated rings. The largest absolute Gasteiger partial charge is 0.507 e. The van der Waals surface area contributed by atoms with Crippen LogP contribution in [0.2, 0.25) is 5.02 Å². The molecule has 0 radical (unpaired) electrons. The Bertz CT molecular complexity index is 1650. The van der Waals surface area contributed by atoms with E-state index in [2.05, 4.69) is 34.5 Å². The van der Waals surface area contributed by atoms with Crippen molar-refractivity contribution in [2.24, 2.45) is 0 Å². The number of thioether (sulfide) groups is 1. The molecular formula is C32H30ClN3O5S2. The topological polar surface area (TPSA) is 102 Å². The lowest BCUT2D eigenvalue weighted by Gasteiger charge is -2.23. The summed E-state index contributed by atoms with van der Waals surface area (Å²) in [6, 6.07) is 18.9. The molecule has 0 saturated carbocycles. The summed E-state index contributed by atoms with van der Waals surface area (Å²) in [4.78, 5) is 28.5. The summed E-state index contributed by atoms with van der Waals surface area (Å²) in [5.74, 6) is -0.262. The number of ether oxygens (including phenoxy) is 2. The molecular weight excluding hydrogens is 606 g/mol. The summed E-state index contributed by atoms with van der Waals surface area (Å²) in [5.41, 5.74) is 3.14. The van der Waals surface area contributed by atoms with Gasteiger partial charge in [0.2, 0.25) is 5.13 Å². The lowest BCUT2D eigenvalue weighted by Crippen LogP contribution is -2.29. The number of amides is 1. The molecule has 5 rings (SSSR count). The molecule has 1 aromatic heterocycles. The van der Waals surface area contributed by atoms with Gasteiger partial charge >= 0.3 is 5.91 Å². The molecule has 1 aliphatic rings. The fourth-order valence-electron chi connectivity index (χ4n) is 4.59. The molecule has 43 heavy (non-hydrogen) atoms. The fourth-order valence-corrected chi connectivity index (χ4v) is 6.54. The number of aryl methyl sites for hydroxylation is 1. The van der Waals surface area contributed by atoms with Crippen LogP contribution < -0.4 is 14.4 Å². The lowest BCUT2D eigenvalue weighted by molar-refractivity contribution is -0.132. The second-order valence-electron chi connectivity index (χ2n) is 9.79. The number of anilines is 1. The summed E-state index contributed by atoms with van der Waals surface area (Å²) >= 11 is 8.77. The number of aliphatic hydroxyl groups excluding tert-OH is 1. The quantitative estimate of drug-likeness (QED) is 0.0591. The molecule has 1 N–H and O–H groups in total. The number of nitrogens with zero attached hydrogens (tertiary/aromatic N) is 3. The number of rotatable bonds is 11. The number of carbonyl (C=O) groups excluding carboxylic acids is 2. The van der Waals surface area contributed by atoms with Gasteiger partial charge < -0.3 is 14.6 Å². The van der Waals surface area contributed by atoms with Gasteiger partial charge in [-0.15, -0.1) is 10.2 Å². The Labute approximate surface area is 263 Å². The van der Waals surface area contributed by atoms with Crippen LogP contribution in [0.4, 0.5) is 5.13 Å². The monoisotopic (exact) mass is 635 g/mol. The molecule has 3 aromatic carbocycles. The standard InChI is InChI=1S/C32H30ClN3O5S2/c1-4-16-41-24-15-12-22(17-25(24)40-5-2)27-26(28(37)21-10-13-23(33)14-11-21)29(38)30(39)36(27)31-34-35-32(43-31)42-18-20-8-6-19(3)7-9-20/h6-15,17,27,37H,4-5,16,18H2,1-3H3. The Morgan fingerprint density at radius 2 is 1.74 bits per heavy atom. The van der Waals surface area contributed by atoms with E-state index in [0.717, 1.165) is 12.0 Å². The van der Waals surface area contributed by atoms with Crippen LogP contribution in [0.25, 0.3) is 5.76 Å². The summed E-state index contributed by atoms with van der Waals surface area (Å²) in [6.45, 7) is 6.79. The van der Waals surface area contributed by atoms with Crippen LogP contribution in [0, 0.1) is 6.92 Å². The first kappa shape index (κ1) is 30.6. The maximum Gasteiger partial charge on any atom is 0.301 e. The number of carbonyl (C=O) groups is 2. The normalized spacial score (nSPS) is 16.1. The Morgan fingerprint density at radius 3 is 2.44 bits per heavy atom. The van der Waals surface area contributed by atoms with Crippen LogP contribution in [0.5, 0.6) is 11.5 Å². The van der Waals surface area contributed by atoms with Crippen LogP contribution in [0.1, 0.15) is 48.6 Å². The van der Waals surface area contributed by atoms with Crippen LogP contribution >= 0.6 is 34.7 Å². The van der Waals surface area contributed by atoms with E-state index in [1.807, 2.05) is 20.8 Å². The number of halogens is 1. The third kappa shape index (κ3) is 6.71. The molecule has 1 aliphatic heterocycles. The summed E-state index contributed by atoms with van der Waals surface area (Å²) in [7, 11) is 0. The van der Waals surface area contributed by atoms with Crippen molar-refractivity contribution in [1.82, 2.24) is 10.2 Å². The summed E-state index contributed by atoms with van der Waals surface area (Å²) in [6.07, 6.45) is 0.815. The maximum absolute atomic E-state index is 13.6. The molecule has 11 heteroatoms. The van der Waals surface area contributed by atoms with Crippen molar-refractivity contribution in [3.05, 3.63) is 99.6 Å². The Balaban J connectivity index is 1.57. The van der Waals surface area contributed by atoms with E-state index in [4.69, 9.17) is 21.1 Å². The highest BCUT2D eigenvalue weighted by Crippen LogP contribution is 2.45. The minimum atomic E-state index is -0.988. The van der Waals surface area contributed by atoms with E-state index >= 15 is 0 Å². The molecule has 8 nitrogen and oxygen atoms in total. The van der Waals surface area contributed by atoms with Crippen LogP contribution in [-0.2, 0) is 15.3 Å². The van der Waals surface area contributed by atoms with Crippen molar-refractivity contribution >= 4 is 57.3 Å². The first-order chi connectivity index (χ1) is 20.8. The van der Waals surface area contributed by atoms with Crippen molar-refractivity contribution in [1.29, 1.82) is 0 Å². The molecule has 1 unspecified atom stereocenters. The predicted octanol–water partition coefficient (Wildman–Crippen LogP) is 7.61. The van der Waals surface area contributed by atoms with Gasteiger partial charge in [-0.1, -0.05) is 77.5 Å². The van der Waals surface area contributed by atoms with E-state index < -0.39 is 17.7 Å². The first-order valence-electron chi connectivity index (χ1n) is 13.8. The molecule has 0 spiro atoms. The number of hydrogen-bond acceptors (Lipinski definition) is 9. The van der Waals surface area contributed by atoms with Gasteiger partial charge in [-0.3, -0.25) is 14.5 Å².